The maximum absolute atomic E-state index is 12.4. The summed E-state index contributed by atoms with van der Waals surface area (Å²) >= 11 is 6.42. The molecular formula is C32H36ClN7O4. The molecule has 5 rings (SSSR count). The summed E-state index contributed by atoms with van der Waals surface area (Å²) in [6, 6.07) is 14.8. The largest absolute Gasteiger partial charge is 0.444 e. The van der Waals surface area contributed by atoms with E-state index in [-0.39, 0.29) is 18.0 Å². The minimum absolute atomic E-state index is 0.0447. The number of piperidine rings is 1. The van der Waals surface area contributed by atoms with Crippen molar-refractivity contribution in [2.75, 3.05) is 29.0 Å². The van der Waals surface area contributed by atoms with Crippen molar-refractivity contribution in [2.45, 2.75) is 45.3 Å². The van der Waals surface area contributed by atoms with E-state index in [1.807, 2.05) is 51.2 Å². The number of para-hydroxylation sites is 1. The number of aromatic nitrogens is 3. The normalized spacial score (nSPS) is 14.5. The predicted octanol–water partition coefficient (Wildman–Crippen LogP) is 6.47. The number of rotatable bonds is 7. The second kappa shape index (κ2) is 14.5. The summed E-state index contributed by atoms with van der Waals surface area (Å²) in [6.45, 7) is 10.2. The van der Waals surface area contributed by atoms with Crippen LogP contribution in [0.5, 0.6) is 0 Å². The van der Waals surface area contributed by atoms with E-state index in [0.29, 0.717) is 47.5 Å². The highest BCUT2D eigenvalue weighted by Crippen LogP contribution is 2.32. The number of anilines is 3. The molecule has 3 heterocycles. The molecule has 0 bridgehead atoms. The number of nitrogens with one attached hydrogen (secondary N) is 4. The van der Waals surface area contributed by atoms with Gasteiger partial charge >= 0.3 is 6.09 Å². The molecule has 2 aromatic carbocycles. The number of likely N-dealkylation sites (tertiary alicyclic amines) is 1. The van der Waals surface area contributed by atoms with Gasteiger partial charge in [0, 0.05) is 53.2 Å². The fourth-order valence-corrected chi connectivity index (χ4v) is 4.77. The summed E-state index contributed by atoms with van der Waals surface area (Å²) in [7, 11) is 0. The van der Waals surface area contributed by atoms with Crippen molar-refractivity contribution in [3.8, 4) is 11.3 Å². The van der Waals surface area contributed by atoms with Gasteiger partial charge in [-0.2, -0.15) is 0 Å². The van der Waals surface area contributed by atoms with Crippen LogP contribution in [-0.4, -0.2) is 63.0 Å². The highest BCUT2D eigenvalue weighted by atomic mass is 35.5. The molecule has 1 aliphatic heterocycles. The molecule has 0 spiro atoms. The van der Waals surface area contributed by atoms with Crippen LogP contribution in [0.1, 0.15) is 33.6 Å². The van der Waals surface area contributed by atoms with E-state index in [2.05, 4.69) is 37.5 Å². The summed E-state index contributed by atoms with van der Waals surface area (Å²) in [4.78, 5) is 47.4. The summed E-state index contributed by atoms with van der Waals surface area (Å²) in [5.74, 6) is 0.233. The Morgan fingerprint density at radius 1 is 1.14 bits per heavy atom. The fraction of sp³-hybridized carbons (Fsp3) is 0.281. The molecule has 2 aromatic heterocycles. The molecule has 44 heavy (non-hydrogen) atoms. The van der Waals surface area contributed by atoms with E-state index < -0.39 is 5.60 Å². The molecule has 0 saturated carbocycles. The van der Waals surface area contributed by atoms with Crippen LogP contribution in [0.2, 0.25) is 5.02 Å². The molecule has 11 nitrogen and oxygen atoms in total. The van der Waals surface area contributed by atoms with Gasteiger partial charge < -0.3 is 30.6 Å². The molecule has 1 fully saturated rings. The van der Waals surface area contributed by atoms with Gasteiger partial charge in [-0.1, -0.05) is 36.4 Å². The minimum atomic E-state index is -0.509. The fourth-order valence-electron chi connectivity index (χ4n) is 4.57. The van der Waals surface area contributed by atoms with E-state index >= 15 is 0 Å². The molecule has 4 aromatic rings. The van der Waals surface area contributed by atoms with Crippen molar-refractivity contribution in [2.24, 2.45) is 0 Å². The Morgan fingerprint density at radius 2 is 1.86 bits per heavy atom. The van der Waals surface area contributed by atoms with Crippen molar-refractivity contribution < 1.29 is 19.1 Å². The lowest BCUT2D eigenvalue weighted by Crippen LogP contribution is -2.47. The van der Waals surface area contributed by atoms with Crippen molar-refractivity contribution in [1.82, 2.24) is 19.9 Å². The number of benzene rings is 2. The van der Waals surface area contributed by atoms with Crippen LogP contribution in [0.25, 0.3) is 22.2 Å². The van der Waals surface area contributed by atoms with Gasteiger partial charge in [-0.05, 0) is 70.0 Å². The van der Waals surface area contributed by atoms with Gasteiger partial charge in [0.05, 0.1) is 16.9 Å². The van der Waals surface area contributed by atoms with Gasteiger partial charge in [-0.25, -0.2) is 14.8 Å². The average Bonchev–Trinajstić information content (AvgIpc) is 3.43. The Bertz CT molecular complexity index is 1620. The third-order valence-corrected chi connectivity index (χ3v) is 6.83. The zero-order valence-corrected chi connectivity index (χ0v) is 25.6. The number of hydrogen-bond donors (Lipinski definition) is 4. The van der Waals surface area contributed by atoms with Crippen LogP contribution in [0, 0.1) is 0 Å². The Labute approximate surface area is 261 Å². The van der Waals surface area contributed by atoms with Crippen molar-refractivity contribution >= 4 is 58.2 Å². The first-order valence-corrected chi connectivity index (χ1v) is 14.5. The van der Waals surface area contributed by atoms with Gasteiger partial charge in [0.15, 0.2) is 0 Å². The molecular weight excluding hydrogens is 582 g/mol. The first-order chi connectivity index (χ1) is 21.1. The molecule has 0 radical (unpaired) electrons. The van der Waals surface area contributed by atoms with Crippen molar-refractivity contribution in [3.63, 3.8) is 0 Å². The predicted molar refractivity (Wildman–Crippen MR) is 174 cm³/mol. The molecule has 1 atom stereocenters. The third-order valence-electron chi connectivity index (χ3n) is 6.56. The first kappa shape index (κ1) is 32.0. The lowest BCUT2D eigenvalue weighted by Gasteiger charge is -2.34. The SMILES string of the molecule is C=CC(=O)Nc1ccc(NC=O)cc1.CC(C)(C)OC(=O)N1CCCC(Nc2ncc(Cl)c(-c3c[nH]c4ccccc34)n2)C1. The van der Waals surface area contributed by atoms with E-state index in [1.165, 1.54) is 6.08 Å². The number of hydrogen-bond acceptors (Lipinski definition) is 7. The molecule has 1 aliphatic rings. The van der Waals surface area contributed by atoms with Crippen LogP contribution in [0.15, 0.2) is 73.6 Å². The maximum atomic E-state index is 12.4. The van der Waals surface area contributed by atoms with Gasteiger partial charge in [-0.15, -0.1) is 0 Å². The average molecular weight is 618 g/mol. The second-order valence-corrected chi connectivity index (χ2v) is 11.5. The van der Waals surface area contributed by atoms with Crippen LogP contribution >= 0.6 is 11.6 Å². The summed E-state index contributed by atoms with van der Waals surface area (Å²) in [5, 5.41) is 9.99. The number of nitrogens with zero attached hydrogens (tertiary/aromatic N) is 3. The zero-order chi connectivity index (χ0) is 31.7. The third kappa shape index (κ3) is 8.81. The molecule has 0 aliphatic carbocycles. The number of amides is 3. The van der Waals surface area contributed by atoms with Crippen LogP contribution in [0.3, 0.4) is 0 Å². The maximum Gasteiger partial charge on any atom is 0.410 e. The Hall–Kier alpha value is -4.90. The number of H-pyrrole nitrogens is 1. The minimum Gasteiger partial charge on any atom is -0.444 e. The number of carbonyl (C=O) groups is 3. The summed E-state index contributed by atoms with van der Waals surface area (Å²) in [6.07, 6.45) is 6.84. The highest BCUT2D eigenvalue weighted by Gasteiger charge is 2.28. The Kier molecular flexibility index (Phi) is 10.6. The van der Waals surface area contributed by atoms with E-state index in [4.69, 9.17) is 16.3 Å². The van der Waals surface area contributed by atoms with Crippen LogP contribution < -0.4 is 16.0 Å². The highest BCUT2D eigenvalue weighted by molar-refractivity contribution is 6.33. The first-order valence-electron chi connectivity index (χ1n) is 14.1. The molecule has 3 amide bonds. The number of carbonyl (C=O) groups excluding carboxylic acids is 3. The topological polar surface area (TPSA) is 141 Å². The summed E-state index contributed by atoms with van der Waals surface area (Å²) in [5.41, 5.74) is 3.46. The number of aromatic amines is 1. The number of ether oxygens (including phenoxy) is 1. The van der Waals surface area contributed by atoms with E-state index in [1.54, 1.807) is 35.4 Å². The van der Waals surface area contributed by atoms with Crippen molar-refractivity contribution in [1.29, 1.82) is 0 Å². The monoisotopic (exact) mass is 617 g/mol. The zero-order valence-electron chi connectivity index (χ0n) is 24.9. The lowest BCUT2D eigenvalue weighted by molar-refractivity contribution is -0.112. The van der Waals surface area contributed by atoms with E-state index in [0.717, 1.165) is 29.3 Å². The molecule has 4 N–H and O–H groups in total. The van der Waals surface area contributed by atoms with Gasteiger partial charge in [0.25, 0.3) is 0 Å². The molecule has 12 heteroatoms. The molecule has 1 unspecified atom stereocenters. The Morgan fingerprint density at radius 3 is 2.57 bits per heavy atom. The molecule has 230 valence electrons. The second-order valence-electron chi connectivity index (χ2n) is 11.1. The van der Waals surface area contributed by atoms with Gasteiger partial charge in [0.1, 0.15) is 5.60 Å². The smallest absolute Gasteiger partial charge is 0.410 e. The lowest BCUT2D eigenvalue weighted by atomic mass is 10.1. The van der Waals surface area contributed by atoms with Gasteiger partial charge in [-0.3, -0.25) is 9.59 Å². The summed E-state index contributed by atoms with van der Waals surface area (Å²) < 4.78 is 5.51. The number of fused-ring (bicyclic) bond motifs is 1. The standard InChI is InChI=1S/C22H26ClN5O2.C10H10N2O2/c1-22(2,3)30-21(29)28-10-6-7-14(13-28)26-20-25-12-17(23)19(27-20)16-11-24-18-9-5-4-8-15(16)18;1-2-10(14)12-9-5-3-8(4-6-9)11-7-13/h4-5,8-9,11-12,14,24H,6-7,10,13H2,1-3H3,(H,25,26,27);2-7H,1H2,(H,11,13)(H,12,14). The number of halogens is 1. The van der Waals surface area contributed by atoms with Crippen LogP contribution in [0.4, 0.5) is 22.1 Å². The quantitative estimate of drug-likeness (QED) is 0.138. The molecule has 1 saturated heterocycles. The van der Waals surface area contributed by atoms with Crippen molar-refractivity contribution in [3.05, 3.63) is 78.6 Å². The van der Waals surface area contributed by atoms with Crippen LogP contribution in [-0.2, 0) is 14.3 Å². The Balaban J connectivity index is 0.000000265. The van der Waals surface area contributed by atoms with E-state index in [9.17, 15) is 14.4 Å². The van der Waals surface area contributed by atoms with Gasteiger partial charge in [0.2, 0.25) is 18.3 Å².